The molecule has 0 saturated heterocycles. The SMILES string of the molecule is C=CNC(=C)CCN(C(=O)CC)C(C)C. The second-order valence-electron chi connectivity index (χ2n) is 3.74. The Bertz CT molecular complexity index is 234. The minimum absolute atomic E-state index is 0.191. The van der Waals surface area contributed by atoms with Gasteiger partial charge >= 0.3 is 0 Å². The maximum Gasteiger partial charge on any atom is 0.222 e. The molecule has 0 aromatic rings. The number of rotatable bonds is 7. The lowest BCUT2D eigenvalue weighted by Crippen LogP contribution is -2.37. The zero-order chi connectivity index (χ0) is 11.8. The van der Waals surface area contributed by atoms with Crippen LogP contribution in [0.2, 0.25) is 0 Å². The molecule has 0 saturated carbocycles. The standard InChI is InChI=1S/C12H22N2O/c1-6-12(15)14(10(3)4)9-8-11(5)13-7-2/h7,10,13H,2,5-6,8-9H2,1,3-4H3. The van der Waals surface area contributed by atoms with E-state index in [2.05, 4.69) is 18.5 Å². The van der Waals surface area contributed by atoms with E-state index in [1.807, 2.05) is 25.7 Å². The number of nitrogens with zero attached hydrogens (tertiary/aromatic N) is 1. The fourth-order valence-electron chi connectivity index (χ4n) is 1.35. The summed E-state index contributed by atoms with van der Waals surface area (Å²) < 4.78 is 0. The number of hydrogen-bond donors (Lipinski definition) is 1. The van der Waals surface area contributed by atoms with Crippen molar-refractivity contribution in [2.75, 3.05) is 6.54 Å². The van der Waals surface area contributed by atoms with Crippen LogP contribution in [0.1, 0.15) is 33.6 Å². The fourth-order valence-corrected chi connectivity index (χ4v) is 1.35. The molecule has 0 rings (SSSR count). The van der Waals surface area contributed by atoms with Crippen LogP contribution >= 0.6 is 0 Å². The third-order valence-corrected chi connectivity index (χ3v) is 2.21. The highest BCUT2D eigenvalue weighted by molar-refractivity contribution is 5.76. The average Bonchev–Trinajstić information content (AvgIpc) is 2.17. The molecular weight excluding hydrogens is 188 g/mol. The quantitative estimate of drug-likeness (QED) is 0.699. The fraction of sp³-hybridized carbons (Fsp3) is 0.583. The van der Waals surface area contributed by atoms with Crippen molar-refractivity contribution < 1.29 is 4.79 Å². The molecule has 0 aromatic heterocycles. The van der Waals surface area contributed by atoms with E-state index < -0.39 is 0 Å². The molecule has 0 aliphatic heterocycles. The van der Waals surface area contributed by atoms with Crippen LogP contribution in [-0.2, 0) is 4.79 Å². The van der Waals surface area contributed by atoms with Gasteiger partial charge in [0.25, 0.3) is 0 Å². The summed E-state index contributed by atoms with van der Waals surface area (Å²) in [6.07, 6.45) is 2.92. The summed E-state index contributed by atoms with van der Waals surface area (Å²) in [6.45, 7) is 14.0. The third-order valence-electron chi connectivity index (χ3n) is 2.21. The van der Waals surface area contributed by atoms with Crippen LogP contribution in [-0.4, -0.2) is 23.4 Å². The molecule has 0 aromatic carbocycles. The molecular formula is C12H22N2O. The van der Waals surface area contributed by atoms with E-state index in [4.69, 9.17) is 0 Å². The van der Waals surface area contributed by atoms with Gasteiger partial charge in [0.05, 0.1) is 0 Å². The van der Waals surface area contributed by atoms with Gasteiger partial charge in [-0.1, -0.05) is 20.1 Å². The summed E-state index contributed by atoms with van der Waals surface area (Å²) >= 11 is 0. The van der Waals surface area contributed by atoms with E-state index >= 15 is 0 Å². The van der Waals surface area contributed by atoms with Crippen molar-refractivity contribution >= 4 is 5.91 Å². The molecule has 3 nitrogen and oxygen atoms in total. The molecule has 0 bridgehead atoms. The van der Waals surface area contributed by atoms with E-state index in [1.54, 1.807) is 6.20 Å². The van der Waals surface area contributed by atoms with Gasteiger partial charge in [-0.2, -0.15) is 0 Å². The Morgan fingerprint density at radius 1 is 1.53 bits per heavy atom. The molecule has 0 aliphatic rings. The highest BCUT2D eigenvalue weighted by Crippen LogP contribution is 2.05. The minimum Gasteiger partial charge on any atom is -0.366 e. The second kappa shape index (κ2) is 7.10. The van der Waals surface area contributed by atoms with E-state index in [0.29, 0.717) is 13.0 Å². The van der Waals surface area contributed by atoms with Gasteiger partial charge in [-0.15, -0.1) is 0 Å². The van der Waals surface area contributed by atoms with Crippen molar-refractivity contribution in [2.45, 2.75) is 39.7 Å². The summed E-state index contributed by atoms with van der Waals surface area (Å²) in [7, 11) is 0. The lowest BCUT2D eigenvalue weighted by molar-refractivity contribution is -0.132. The smallest absolute Gasteiger partial charge is 0.222 e. The van der Waals surface area contributed by atoms with Crippen molar-refractivity contribution in [1.82, 2.24) is 10.2 Å². The van der Waals surface area contributed by atoms with Gasteiger partial charge in [0.2, 0.25) is 5.91 Å². The number of nitrogens with one attached hydrogen (secondary N) is 1. The summed E-state index contributed by atoms with van der Waals surface area (Å²) in [4.78, 5) is 13.5. The van der Waals surface area contributed by atoms with Gasteiger partial charge in [0.1, 0.15) is 0 Å². The van der Waals surface area contributed by atoms with Crippen molar-refractivity contribution in [1.29, 1.82) is 0 Å². The van der Waals surface area contributed by atoms with Crippen LogP contribution in [0.15, 0.2) is 25.1 Å². The van der Waals surface area contributed by atoms with Gasteiger partial charge in [-0.05, 0) is 20.0 Å². The van der Waals surface area contributed by atoms with Crippen LogP contribution in [0, 0.1) is 0 Å². The Morgan fingerprint density at radius 3 is 2.53 bits per heavy atom. The molecule has 0 fully saturated rings. The first-order valence-electron chi connectivity index (χ1n) is 5.37. The van der Waals surface area contributed by atoms with Crippen molar-refractivity contribution in [3.63, 3.8) is 0 Å². The monoisotopic (exact) mass is 210 g/mol. The molecule has 0 atom stereocenters. The lowest BCUT2D eigenvalue weighted by Gasteiger charge is -2.26. The Balaban J connectivity index is 4.13. The first kappa shape index (κ1) is 13.8. The van der Waals surface area contributed by atoms with Crippen LogP contribution in [0.3, 0.4) is 0 Å². The average molecular weight is 210 g/mol. The van der Waals surface area contributed by atoms with Crippen LogP contribution in [0.4, 0.5) is 0 Å². The second-order valence-corrected chi connectivity index (χ2v) is 3.74. The van der Waals surface area contributed by atoms with E-state index in [0.717, 1.165) is 12.1 Å². The number of hydrogen-bond acceptors (Lipinski definition) is 2. The molecule has 15 heavy (non-hydrogen) atoms. The van der Waals surface area contributed by atoms with Gasteiger partial charge in [0.15, 0.2) is 0 Å². The molecule has 86 valence electrons. The van der Waals surface area contributed by atoms with Gasteiger partial charge in [-0.3, -0.25) is 4.79 Å². The highest BCUT2D eigenvalue weighted by atomic mass is 16.2. The first-order chi connectivity index (χ1) is 7.02. The van der Waals surface area contributed by atoms with Crippen LogP contribution in [0.25, 0.3) is 0 Å². The van der Waals surface area contributed by atoms with Gasteiger partial charge < -0.3 is 10.2 Å². The zero-order valence-corrected chi connectivity index (χ0v) is 10.0. The summed E-state index contributed by atoms with van der Waals surface area (Å²) in [5.74, 6) is 0.191. The van der Waals surface area contributed by atoms with E-state index in [9.17, 15) is 4.79 Å². The topological polar surface area (TPSA) is 32.3 Å². The largest absolute Gasteiger partial charge is 0.366 e. The normalized spacial score (nSPS) is 9.87. The Hall–Kier alpha value is -1.25. The molecule has 3 heteroatoms. The number of carbonyl (C=O) groups is 1. The lowest BCUT2D eigenvalue weighted by atomic mass is 10.2. The Kier molecular flexibility index (Phi) is 6.50. The predicted molar refractivity (Wildman–Crippen MR) is 64.2 cm³/mol. The highest BCUT2D eigenvalue weighted by Gasteiger charge is 2.14. The van der Waals surface area contributed by atoms with Crippen LogP contribution in [0.5, 0.6) is 0 Å². The number of amides is 1. The summed E-state index contributed by atoms with van der Waals surface area (Å²) in [5.41, 5.74) is 0.888. The molecule has 0 heterocycles. The Morgan fingerprint density at radius 2 is 2.13 bits per heavy atom. The van der Waals surface area contributed by atoms with Crippen molar-refractivity contribution in [3.8, 4) is 0 Å². The molecule has 1 amide bonds. The van der Waals surface area contributed by atoms with Crippen molar-refractivity contribution in [3.05, 3.63) is 25.1 Å². The first-order valence-corrected chi connectivity index (χ1v) is 5.37. The zero-order valence-electron chi connectivity index (χ0n) is 10.0. The number of carbonyl (C=O) groups excluding carboxylic acids is 1. The van der Waals surface area contributed by atoms with E-state index in [-0.39, 0.29) is 11.9 Å². The predicted octanol–water partition coefficient (Wildman–Crippen LogP) is 2.27. The molecule has 0 unspecified atom stereocenters. The van der Waals surface area contributed by atoms with E-state index in [1.165, 1.54) is 0 Å². The molecule has 0 radical (unpaired) electrons. The van der Waals surface area contributed by atoms with Crippen LogP contribution < -0.4 is 5.32 Å². The summed E-state index contributed by atoms with van der Waals surface area (Å²) in [6, 6.07) is 0.244. The van der Waals surface area contributed by atoms with Gasteiger partial charge in [0, 0.05) is 31.1 Å². The minimum atomic E-state index is 0.191. The molecule has 0 aliphatic carbocycles. The Labute approximate surface area is 92.8 Å². The maximum absolute atomic E-state index is 11.6. The molecule has 1 N–H and O–H groups in total. The van der Waals surface area contributed by atoms with Gasteiger partial charge in [-0.25, -0.2) is 0 Å². The third kappa shape index (κ3) is 5.25. The summed E-state index contributed by atoms with van der Waals surface area (Å²) in [5, 5.41) is 2.93. The van der Waals surface area contributed by atoms with Crippen molar-refractivity contribution in [2.24, 2.45) is 0 Å². The molecule has 0 spiro atoms. The maximum atomic E-state index is 11.6.